The highest BCUT2D eigenvalue weighted by atomic mass is 32.2. The van der Waals surface area contributed by atoms with E-state index in [0.717, 1.165) is 70.7 Å². The summed E-state index contributed by atoms with van der Waals surface area (Å²) in [6.45, 7) is 12.7. The number of ketones is 2. The number of nitrogens with zero attached hydrogens (tertiary/aromatic N) is 9. The Hall–Kier alpha value is -9.50. The Morgan fingerprint density at radius 2 is 0.992 bits per heavy atom. The van der Waals surface area contributed by atoms with Gasteiger partial charge in [-0.25, -0.2) is 4.68 Å². The number of hydrazone groups is 1. The standard InChI is InChI=1S/C89H115FN10O22S/c1-65-72-34-33-71(17-13-22-75(72)85(92-91-65)66-27-31-70(32-28-66)121-39-12-11-25-80(102)81(123(106,107)108)35-29-69(101)30-36-82(103)99-63-67-15-3-5-18-73(67)86-89(100(90)96-94-86)77-21-8-10-24-79(77)99)122-84(105)26-14-38-109-41-43-111-45-47-113-49-51-115-53-55-117-57-59-119-61-62-120-60-58-118-56-54-116-52-50-114-48-46-112-44-42-110-40-37-83(104)98-64-68-16-4-6-19-74(68)88-87(93-95-97(88)2)76-20-7-9-23-78(76)98/h3-10,15-16,18-21,23-24,27-28,31-32,71-72,81,92H,11-14,17,22,25-26,29-30,33-64H2,1-2H3,(H,106,107,108)/i2D. The maximum Gasteiger partial charge on any atom is 0.306 e. The number of allylic oxidation sites excluding steroid dienone is 1. The number of hydrogen-bond donors (Lipinski definition) is 2. The number of ether oxygens (including phenoxy) is 14. The van der Waals surface area contributed by atoms with E-state index in [0.29, 0.717) is 217 Å². The Bertz CT molecular complexity index is 4710. The van der Waals surface area contributed by atoms with Gasteiger partial charge in [0.05, 0.1) is 201 Å². The average Bonchev–Trinajstić information content (AvgIpc) is 1.54. The summed E-state index contributed by atoms with van der Waals surface area (Å²) in [5.74, 6) is -1.25. The van der Waals surface area contributed by atoms with Crippen LogP contribution in [0.3, 0.4) is 0 Å². The molecule has 0 saturated heterocycles. The van der Waals surface area contributed by atoms with Crippen LogP contribution in [-0.4, -0.2) is 255 Å². The molecule has 32 nitrogen and oxygen atoms in total. The lowest BCUT2D eigenvalue weighted by atomic mass is 9.80. The molecule has 7 aromatic rings. The summed E-state index contributed by atoms with van der Waals surface area (Å²) >= 11 is 0. The summed E-state index contributed by atoms with van der Waals surface area (Å²) in [6, 6.07) is 37.0. The molecule has 3 aliphatic heterocycles. The lowest BCUT2D eigenvalue weighted by Gasteiger charge is -2.32. The Morgan fingerprint density at radius 1 is 0.504 bits per heavy atom. The van der Waals surface area contributed by atoms with Crippen molar-refractivity contribution >= 4 is 62.3 Å². The number of Topliss-reactive ketones (excluding diaryl/α,β-unsaturated/α-hetero) is 2. The number of aromatic nitrogens is 6. The number of para-hydroxylation sites is 2. The van der Waals surface area contributed by atoms with E-state index in [9.17, 15) is 36.9 Å². The zero-order valence-corrected chi connectivity index (χ0v) is 70.8. The molecule has 4 aliphatic rings. The van der Waals surface area contributed by atoms with Crippen LogP contribution < -0.4 is 20.0 Å². The highest BCUT2D eigenvalue weighted by Gasteiger charge is 2.35. The van der Waals surface area contributed by atoms with Crippen LogP contribution in [0.15, 0.2) is 132 Å². The third kappa shape index (κ3) is 29.3. The fourth-order valence-corrected chi connectivity index (χ4v) is 15.8. The molecule has 2 amide bonds. The number of hydrogen-bond acceptors (Lipinski definition) is 27. The SMILES string of the molecule is [2H]Cn1nnc2c1-c1ccccc1CN(C(=O)CCOCCOCCOCCOCCOCCOCCOCCOCCOCCOCCOCCOCCCC(=O)OC1CCCC3=C(c4ccc(OCCCCC(=O)C(CCC(=O)CCC(=O)N5Cc6ccccc6-c6nnn(F)c6-c6ccccc65)S(=O)(=O)O)cc4)NN=C(C)C3CC1)c1ccccc1-2. The third-order valence-corrected chi connectivity index (χ3v) is 22.4. The van der Waals surface area contributed by atoms with E-state index in [1.165, 1.54) is 10.5 Å². The highest BCUT2D eigenvalue weighted by Crippen LogP contribution is 2.44. The monoisotopic (exact) mass is 1730 g/mol. The molecular formula is C89H115FN10O22S. The van der Waals surface area contributed by atoms with Gasteiger partial charge in [-0.3, -0.25) is 34.0 Å². The summed E-state index contributed by atoms with van der Waals surface area (Å²) in [7, 11) is -4.92. The Morgan fingerprint density at radius 3 is 1.56 bits per heavy atom. The molecule has 0 bridgehead atoms. The van der Waals surface area contributed by atoms with E-state index in [-0.39, 0.29) is 106 Å². The minimum absolute atomic E-state index is 0.0683. The first kappa shape index (κ1) is 92.7. The number of rotatable bonds is 56. The molecule has 2 N–H and O–H groups in total. The van der Waals surface area contributed by atoms with Crippen LogP contribution in [0.1, 0.15) is 121 Å². The summed E-state index contributed by atoms with van der Waals surface area (Å²) in [4.78, 5) is 70.3. The topological polar surface area (TPSA) is 361 Å². The molecule has 123 heavy (non-hydrogen) atoms. The first-order chi connectivity index (χ1) is 60.6. The molecule has 5 aromatic carbocycles. The van der Waals surface area contributed by atoms with Gasteiger partial charge in [0.25, 0.3) is 10.1 Å². The van der Waals surface area contributed by atoms with Gasteiger partial charge in [-0.15, -0.1) is 10.2 Å². The van der Waals surface area contributed by atoms with Crippen molar-refractivity contribution in [1.82, 2.24) is 35.6 Å². The number of nitrogens with one attached hydrogen (secondary N) is 1. The Balaban J connectivity index is 0.427. The van der Waals surface area contributed by atoms with Crippen LogP contribution in [0.4, 0.5) is 15.9 Å². The van der Waals surface area contributed by atoms with Crippen molar-refractivity contribution < 1.29 is 109 Å². The number of esters is 1. The molecule has 1 aliphatic carbocycles. The number of carbonyl (C=O) groups is 5. The van der Waals surface area contributed by atoms with E-state index in [1.54, 1.807) is 58.1 Å². The largest absolute Gasteiger partial charge is 0.494 e. The van der Waals surface area contributed by atoms with Gasteiger partial charge in [0.15, 0.2) is 5.78 Å². The van der Waals surface area contributed by atoms with Crippen molar-refractivity contribution in [3.63, 3.8) is 0 Å². The van der Waals surface area contributed by atoms with E-state index in [2.05, 4.69) is 31.2 Å². The third-order valence-electron chi connectivity index (χ3n) is 21.2. The number of anilines is 2. The number of aryl methyl sites for hydroxylation is 1. The van der Waals surface area contributed by atoms with E-state index < -0.39 is 39.3 Å². The van der Waals surface area contributed by atoms with Gasteiger partial charge in [0, 0.05) is 81.0 Å². The molecule has 2 aromatic heterocycles. The number of fused-ring (bicyclic) bond motifs is 11. The molecule has 0 radical (unpaired) electrons. The molecule has 3 unspecified atom stereocenters. The van der Waals surface area contributed by atoms with Gasteiger partial charge in [-0.1, -0.05) is 99.5 Å². The predicted molar refractivity (Wildman–Crippen MR) is 455 cm³/mol. The second-order valence-electron chi connectivity index (χ2n) is 29.7. The smallest absolute Gasteiger partial charge is 0.306 e. The van der Waals surface area contributed by atoms with Crippen molar-refractivity contribution in [3.05, 3.63) is 144 Å². The van der Waals surface area contributed by atoms with E-state index in [1.807, 2.05) is 79.7 Å². The summed E-state index contributed by atoms with van der Waals surface area (Å²) in [6.07, 6.45) is 3.83. The van der Waals surface area contributed by atoms with Crippen LogP contribution >= 0.6 is 0 Å². The normalized spacial score (nSPS) is 15.3. The molecule has 0 spiro atoms. The van der Waals surface area contributed by atoms with Gasteiger partial charge in [-0.2, -0.15) is 13.5 Å². The van der Waals surface area contributed by atoms with Gasteiger partial charge in [0.1, 0.15) is 40.0 Å². The fraction of sp³-hybridized carbons (Fsp3) is 0.528. The quantitative estimate of drug-likeness (QED) is 0.0203. The minimum atomic E-state index is -4.85. The average molecular weight is 1730 g/mol. The molecule has 666 valence electrons. The van der Waals surface area contributed by atoms with Gasteiger partial charge in [-0.05, 0) is 129 Å². The molecular weight excluding hydrogens is 1610 g/mol. The summed E-state index contributed by atoms with van der Waals surface area (Å²) < 4.78 is 139. The number of carbonyl (C=O) groups excluding carboxylic acids is 5. The molecule has 5 heterocycles. The number of benzene rings is 5. The second-order valence-corrected chi connectivity index (χ2v) is 31.3. The van der Waals surface area contributed by atoms with Crippen molar-refractivity contribution in [2.45, 2.75) is 128 Å². The maximum atomic E-state index is 15.1. The van der Waals surface area contributed by atoms with Crippen molar-refractivity contribution in [1.29, 1.82) is 0 Å². The fourth-order valence-electron chi connectivity index (χ4n) is 14.9. The van der Waals surface area contributed by atoms with Gasteiger partial charge >= 0.3 is 5.97 Å². The molecule has 3 atom stereocenters. The minimum Gasteiger partial charge on any atom is -0.494 e. The summed E-state index contributed by atoms with van der Waals surface area (Å²) in [5, 5.41) is 19.2. The molecule has 1 saturated carbocycles. The Labute approximate surface area is 718 Å². The molecule has 1 fully saturated rings. The lowest BCUT2D eigenvalue weighted by molar-refractivity contribution is -0.150. The van der Waals surface area contributed by atoms with Crippen LogP contribution in [0.25, 0.3) is 50.7 Å². The zero-order chi connectivity index (χ0) is 86.9. The molecule has 11 rings (SSSR count). The van der Waals surface area contributed by atoms with Crippen LogP contribution in [-0.2, 0) is 116 Å². The number of unbranched alkanes of at least 4 members (excludes halogenated alkanes) is 1. The first-order valence-corrected chi connectivity index (χ1v) is 43.9. The van der Waals surface area contributed by atoms with Crippen molar-refractivity contribution in [2.75, 3.05) is 175 Å². The van der Waals surface area contributed by atoms with E-state index in [4.69, 9.17) is 67.7 Å². The van der Waals surface area contributed by atoms with Crippen LogP contribution in [0, 0.1) is 5.92 Å². The highest BCUT2D eigenvalue weighted by molar-refractivity contribution is 7.87. The van der Waals surface area contributed by atoms with E-state index >= 15 is 4.48 Å². The number of amides is 2. The van der Waals surface area contributed by atoms with Gasteiger partial charge in [0.2, 0.25) is 11.8 Å². The maximum absolute atomic E-state index is 15.1. The lowest BCUT2D eigenvalue weighted by Crippen LogP contribution is -2.32. The van der Waals surface area contributed by atoms with Crippen molar-refractivity contribution in [3.8, 4) is 50.8 Å². The second kappa shape index (κ2) is 51.1. The first-order valence-electron chi connectivity index (χ1n) is 43.1. The molecule has 34 heteroatoms. The number of halogens is 1. The summed E-state index contributed by atoms with van der Waals surface area (Å²) in [5.41, 5.74) is 14.6. The zero-order valence-electron chi connectivity index (χ0n) is 71.0. The Kier molecular flexibility index (Phi) is 38.5. The van der Waals surface area contributed by atoms with Crippen LogP contribution in [0.5, 0.6) is 5.75 Å². The van der Waals surface area contributed by atoms with Gasteiger partial charge < -0.3 is 76.1 Å². The van der Waals surface area contributed by atoms with Crippen LogP contribution in [0.2, 0.25) is 0 Å². The predicted octanol–water partition coefficient (Wildman–Crippen LogP) is 11.0. The van der Waals surface area contributed by atoms with Crippen molar-refractivity contribution in [2.24, 2.45) is 18.0 Å².